The van der Waals surface area contributed by atoms with Crippen LogP contribution in [0.25, 0.3) is 11.0 Å². The second-order valence-electron chi connectivity index (χ2n) is 7.18. The Kier molecular flexibility index (Phi) is 4.42. The molecule has 3 heterocycles. The van der Waals surface area contributed by atoms with Crippen molar-refractivity contribution < 1.29 is 4.79 Å². The summed E-state index contributed by atoms with van der Waals surface area (Å²) in [4.78, 5) is 25.8. The molecule has 1 aromatic carbocycles. The van der Waals surface area contributed by atoms with Crippen LogP contribution in [0.15, 0.2) is 24.3 Å². The molecule has 1 amide bonds. The van der Waals surface area contributed by atoms with Crippen molar-refractivity contribution in [1.29, 1.82) is 0 Å². The minimum Gasteiger partial charge on any atom is -0.370 e. The molecule has 6 nitrogen and oxygen atoms in total. The molecule has 1 atom stereocenters. The number of rotatable bonds is 4. The molecule has 0 radical (unpaired) electrons. The van der Waals surface area contributed by atoms with Gasteiger partial charge in [-0.3, -0.25) is 4.79 Å². The van der Waals surface area contributed by atoms with Gasteiger partial charge in [-0.1, -0.05) is 12.1 Å². The van der Waals surface area contributed by atoms with Gasteiger partial charge in [-0.2, -0.15) is 0 Å². The van der Waals surface area contributed by atoms with Crippen molar-refractivity contribution in [2.24, 2.45) is 11.7 Å². The maximum atomic E-state index is 11.3. The van der Waals surface area contributed by atoms with Gasteiger partial charge in [0, 0.05) is 32.6 Å². The fraction of sp³-hybridized carbons (Fsp3) is 0.526. The number of piperidine rings is 1. The van der Waals surface area contributed by atoms with Crippen LogP contribution in [-0.2, 0) is 4.79 Å². The lowest BCUT2D eigenvalue weighted by Gasteiger charge is -2.31. The van der Waals surface area contributed by atoms with E-state index in [0.29, 0.717) is 12.3 Å². The first kappa shape index (κ1) is 16.1. The molecular weight excluding hydrogens is 314 g/mol. The van der Waals surface area contributed by atoms with Gasteiger partial charge in [-0.15, -0.1) is 0 Å². The molecule has 2 aromatic rings. The monoisotopic (exact) mass is 339 g/mol. The second-order valence-corrected chi connectivity index (χ2v) is 7.18. The Hall–Kier alpha value is -2.37. The van der Waals surface area contributed by atoms with Gasteiger partial charge in [0.15, 0.2) is 11.6 Å². The lowest BCUT2D eigenvalue weighted by atomic mass is 10.1. The highest BCUT2D eigenvalue weighted by Crippen LogP contribution is 2.33. The summed E-state index contributed by atoms with van der Waals surface area (Å²) in [6.07, 6.45) is 5.14. The maximum Gasteiger partial charge on any atom is 0.217 e. The van der Waals surface area contributed by atoms with E-state index in [1.54, 1.807) is 0 Å². The molecule has 2 aliphatic rings. The molecule has 2 aliphatic heterocycles. The van der Waals surface area contributed by atoms with Crippen molar-refractivity contribution in [3.05, 3.63) is 24.3 Å². The summed E-state index contributed by atoms with van der Waals surface area (Å²) in [6, 6.07) is 8.05. The van der Waals surface area contributed by atoms with E-state index in [1.165, 1.54) is 19.3 Å². The van der Waals surface area contributed by atoms with Crippen LogP contribution in [0.5, 0.6) is 0 Å². The number of amides is 1. The van der Waals surface area contributed by atoms with Crippen LogP contribution in [0, 0.1) is 5.92 Å². The topological polar surface area (TPSA) is 75.4 Å². The molecule has 2 fully saturated rings. The highest BCUT2D eigenvalue weighted by Gasteiger charge is 2.29. The number of primary amides is 1. The number of carbonyl (C=O) groups is 1. The molecule has 6 heteroatoms. The van der Waals surface area contributed by atoms with E-state index < -0.39 is 0 Å². The Morgan fingerprint density at radius 2 is 1.64 bits per heavy atom. The number of benzene rings is 1. The Bertz CT molecular complexity index is 771. The van der Waals surface area contributed by atoms with Crippen LogP contribution in [0.2, 0.25) is 0 Å². The molecule has 132 valence electrons. The number of aromatic nitrogens is 2. The molecule has 2 saturated heterocycles. The van der Waals surface area contributed by atoms with Gasteiger partial charge >= 0.3 is 0 Å². The summed E-state index contributed by atoms with van der Waals surface area (Å²) in [5.74, 6) is 2.07. The highest BCUT2D eigenvalue weighted by atomic mass is 16.1. The number of para-hydroxylation sites is 2. The van der Waals surface area contributed by atoms with Crippen molar-refractivity contribution >= 4 is 28.6 Å². The van der Waals surface area contributed by atoms with E-state index in [9.17, 15) is 4.79 Å². The summed E-state index contributed by atoms with van der Waals surface area (Å²) in [5, 5.41) is 0. The smallest absolute Gasteiger partial charge is 0.217 e. The van der Waals surface area contributed by atoms with Gasteiger partial charge in [-0.25, -0.2) is 9.97 Å². The van der Waals surface area contributed by atoms with Gasteiger partial charge < -0.3 is 15.5 Å². The van der Waals surface area contributed by atoms with Crippen molar-refractivity contribution in [2.75, 3.05) is 36.0 Å². The average molecular weight is 339 g/mol. The number of carbonyl (C=O) groups excluding carboxylic acids is 1. The average Bonchev–Trinajstić information content (AvgIpc) is 3.09. The lowest BCUT2D eigenvalue weighted by molar-refractivity contribution is -0.118. The third-order valence-electron chi connectivity index (χ3n) is 5.27. The van der Waals surface area contributed by atoms with Crippen LogP contribution in [0.4, 0.5) is 11.6 Å². The van der Waals surface area contributed by atoms with E-state index in [-0.39, 0.29) is 5.91 Å². The molecule has 0 bridgehead atoms. The Balaban J connectivity index is 1.69. The quantitative estimate of drug-likeness (QED) is 0.925. The van der Waals surface area contributed by atoms with E-state index in [4.69, 9.17) is 15.7 Å². The number of hydrogen-bond acceptors (Lipinski definition) is 5. The predicted molar refractivity (Wildman–Crippen MR) is 99.7 cm³/mol. The van der Waals surface area contributed by atoms with E-state index in [0.717, 1.165) is 55.3 Å². The zero-order chi connectivity index (χ0) is 17.2. The molecule has 25 heavy (non-hydrogen) atoms. The van der Waals surface area contributed by atoms with Crippen LogP contribution in [0.1, 0.15) is 32.1 Å². The van der Waals surface area contributed by atoms with Crippen molar-refractivity contribution in [2.45, 2.75) is 32.1 Å². The summed E-state index contributed by atoms with van der Waals surface area (Å²) >= 11 is 0. The molecule has 0 spiro atoms. The summed E-state index contributed by atoms with van der Waals surface area (Å²) in [6.45, 7) is 3.82. The Labute approximate surface area is 148 Å². The largest absolute Gasteiger partial charge is 0.370 e. The summed E-state index contributed by atoms with van der Waals surface area (Å²) in [5.41, 5.74) is 7.26. The van der Waals surface area contributed by atoms with Crippen molar-refractivity contribution in [1.82, 2.24) is 9.97 Å². The minimum absolute atomic E-state index is 0.215. The molecule has 4 rings (SSSR count). The third-order valence-corrected chi connectivity index (χ3v) is 5.27. The van der Waals surface area contributed by atoms with Gasteiger partial charge in [0.1, 0.15) is 0 Å². The molecule has 1 unspecified atom stereocenters. The fourth-order valence-corrected chi connectivity index (χ4v) is 3.99. The third kappa shape index (κ3) is 3.38. The van der Waals surface area contributed by atoms with Crippen LogP contribution in [0.3, 0.4) is 0 Å². The molecular formula is C19H25N5O. The predicted octanol–water partition coefficient (Wildman–Crippen LogP) is 2.32. The maximum absolute atomic E-state index is 11.3. The molecule has 0 saturated carbocycles. The van der Waals surface area contributed by atoms with Gasteiger partial charge in [0.2, 0.25) is 5.91 Å². The normalized spacial score (nSPS) is 21.0. The zero-order valence-corrected chi connectivity index (χ0v) is 14.5. The number of fused-ring (bicyclic) bond motifs is 1. The number of nitrogens with zero attached hydrogens (tertiary/aromatic N) is 4. The highest BCUT2D eigenvalue weighted by molar-refractivity contribution is 5.81. The number of nitrogens with two attached hydrogens (primary N) is 1. The van der Waals surface area contributed by atoms with Crippen LogP contribution >= 0.6 is 0 Å². The Morgan fingerprint density at radius 3 is 2.28 bits per heavy atom. The molecule has 1 aromatic heterocycles. The van der Waals surface area contributed by atoms with Gasteiger partial charge in [0.25, 0.3) is 0 Å². The van der Waals surface area contributed by atoms with Crippen molar-refractivity contribution in [3.63, 3.8) is 0 Å². The van der Waals surface area contributed by atoms with Gasteiger partial charge in [0.05, 0.1) is 11.0 Å². The lowest BCUT2D eigenvalue weighted by Crippen LogP contribution is -2.33. The zero-order valence-electron chi connectivity index (χ0n) is 14.5. The second kappa shape index (κ2) is 6.86. The minimum atomic E-state index is -0.215. The first-order valence-electron chi connectivity index (χ1n) is 9.25. The Morgan fingerprint density at radius 1 is 1.00 bits per heavy atom. The van der Waals surface area contributed by atoms with E-state index >= 15 is 0 Å². The first-order valence-corrected chi connectivity index (χ1v) is 9.25. The standard InChI is InChI=1S/C19H25N5O/c20-17(25)12-14-8-11-24(13-14)19-18(23-9-4-1-5-10-23)21-15-6-2-3-7-16(15)22-19/h2-3,6-7,14H,1,4-5,8-13H2,(H2,20,25). The van der Waals surface area contributed by atoms with E-state index in [1.807, 2.05) is 24.3 Å². The molecule has 0 aliphatic carbocycles. The first-order chi connectivity index (χ1) is 12.2. The van der Waals surface area contributed by atoms with E-state index in [2.05, 4.69) is 9.80 Å². The number of hydrogen-bond donors (Lipinski definition) is 1. The fourth-order valence-electron chi connectivity index (χ4n) is 3.99. The number of anilines is 2. The van der Waals surface area contributed by atoms with Crippen molar-refractivity contribution in [3.8, 4) is 0 Å². The SMILES string of the molecule is NC(=O)CC1CCN(c2nc3ccccc3nc2N2CCCCC2)C1. The summed E-state index contributed by atoms with van der Waals surface area (Å²) < 4.78 is 0. The summed E-state index contributed by atoms with van der Waals surface area (Å²) in [7, 11) is 0. The van der Waals surface area contributed by atoms with Crippen LogP contribution in [-0.4, -0.2) is 42.1 Å². The van der Waals surface area contributed by atoms with Gasteiger partial charge in [-0.05, 0) is 43.7 Å². The van der Waals surface area contributed by atoms with Crippen LogP contribution < -0.4 is 15.5 Å². The molecule has 2 N–H and O–H groups in total.